The monoisotopic (exact) mass is 474 g/mol. The van der Waals surface area contributed by atoms with E-state index >= 15 is 0 Å². The molecule has 1 aromatic heterocycles. The Morgan fingerprint density at radius 2 is 1.86 bits per heavy atom. The normalized spacial score (nSPS) is 15.1. The van der Waals surface area contributed by atoms with Crippen molar-refractivity contribution in [2.45, 2.75) is 20.4 Å². The molecular weight excluding hydrogens is 448 g/mol. The number of carbonyl (C=O) groups is 4. The minimum atomic E-state index is -0.791. The summed E-state index contributed by atoms with van der Waals surface area (Å²) in [5.74, 6) is -1.67. The third-order valence-electron chi connectivity index (χ3n) is 5.98. The Morgan fingerprint density at radius 1 is 1.09 bits per heavy atom. The lowest BCUT2D eigenvalue weighted by molar-refractivity contribution is -0.123. The van der Waals surface area contributed by atoms with Crippen molar-refractivity contribution in [2.24, 2.45) is 0 Å². The Balaban J connectivity index is 1.72. The maximum Gasteiger partial charge on any atom is 0.335 e. The minimum Gasteiger partial charge on any atom is -0.383 e. The molecule has 2 aromatic carbocycles. The Hall–Kier alpha value is -4.24. The third-order valence-corrected chi connectivity index (χ3v) is 5.98. The lowest BCUT2D eigenvalue weighted by Crippen LogP contribution is -2.54. The zero-order valence-electron chi connectivity index (χ0n) is 19.8. The van der Waals surface area contributed by atoms with Gasteiger partial charge in [-0.2, -0.15) is 0 Å². The van der Waals surface area contributed by atoms with E-state index in [1.807, 2.05) is 44.2 Å². The molecule has 0 bridgehead atoms. The number of para-hydroxylation sites is 1. The fourth-order valence-electron chi connectivity index (χ4n) is 4.03. The summed E-state index contributed by atoms with van der Waals surface area (Å²) in [5.41, 5.74) is 3.28. The van der Waals surface area contributed by atoms with Crippen LogP contribution in [0.4, 0.5) is 10.5 Å². The molecule has 0 unspecified atom stereocenters. The molecule has 1 saturated heterocycles. The van der Waals surface area contributed by atoms with Gasteiger partial charge in [0.1, 0.15) is 12.1 Å². The average molecular weight is 475 g/mol. The van der Waals surface area contributed by atoms with Crippen molar-refractivity contribution in [1.82, 2.24) is 15.2 Å². The van der Waals surface area contributed by atoms with Gasteiger partial charge in [0.2, 0.25) is 5.91 Å². The van der Waals surface area contributed by atoms with Crippen LogP contribution in [0.3, 0.4) is 0 Å². The summed E-state index contributed by atoms with van der Waals surface area (Å²) in [5, 5.41) is 5.81. The van der Waals surface area contributed by atoms with Crippen LogP contribution in [0.2, 0.25) is 0 Å². The van der Waals surface area contributed by atoms with Gasteiger partial charge in [0.05, 0.1) is 12.3 Å². The lowest BCUT2D eigenvalue weighted by atomic mass is 10.0. The van der Waals surface area contributed by atoms with Crippen molar-refractivity contribution in [2.75, 3.05) is 25.2 Å². The molecule has 35 heavy (non-hydrogen) atoms. The highest BCUT2D eigenvalue weighted by molar-refractivity contribution is 6.39. The first kappa shape index (κ1) is 23.9. The minimum absolute atomic E-state index is 0.0562. The summed E-state index contributed by atoms with van der Waals surface area (Å²) >= 11 is 0. The van der Waals surface area contributed by atoms with Gasteiger partial charge in [-0.1, -0.05) is 30.3 Å². The number of urea groups is 1. The van der Waals surface area contributed by atoms with E-state index in [2.05, 4.69) is 10.6 Å². The number of carbonyl (C=O) groups excluding carboxylic acids is 4. The fraction of sp³-hybridized carbons (Fsp3) is 0.231. The van der Waals surface area contributed by atoms with Crippen molar-refractivity contribution in [3.8, 4) is 0 Å². The van der Waals surface area contributed by atoms with Crippen LogP contribution in [0.5, 0.6) is 0 Å². The van der Waals surface area contributed by atoms with Gasteiger partial charge < -0.3 is 14.6 Å². The van der Waals surface area contributed by atoms with E-state index in [1.165, 1.54) is 6.08 Å². The molecule has 1 fully saturated rings. The third kappa shape index (κ3) is 4.71. The molecule has 0 radical (unpaired) electrons. The zero-order chi connectivity index (χ0) is 25.1. The summed E-state index contributed by atoms with van der Waals surface area (Å²) in [6.07, 6.45) is 3.18. The summed E-state index contributed by atoms with van der Waals surface area (Å²) in [6.45, 7) is 4.55. The average Bonchev–Trinajstić information content (AvgIpc) is 3.16. The van der Waals surface area contributed by atoms with Crippen LogP contribution in [0, 0.1) is 13.8 Å². The molecular formula is C26H26N4O5. The number of benzene rings is 2. The highest BCUT2D eigenvalue weighted by atomic mass is 16.5. The number of imide groups is 2. The maximum atomic E-state index is 13.4. The molecule has 4 rings (SSSR count). The van der Waals surface area contributed by atoms with Gasteiger partial charge in [-0.25, -0.2) is 9.69 Å². The first-order chi connectivity index (χ1) is 16.8. The molecule has 1 aliphatic heterocycles. The number of anilines is 1. The lowest BCUT2D eigenvalue weighted by Gasteiger charge is -2.28. The highest BCUT2D eigenvalue weighted by Crippen LogP contribution is 2.29. The smallest absolute Gasteiger partial charge is 0.335 e. The number of barbiturate groups is 1. The Morgan fingerprint density at radius 3 is 2.63 bits per heavy atom. The number of ether oxygens (including phenoxy) is 1. The van der Waals surface area contributed by atoms with Gasteiger partial charge >= 0.3 is 6.03 Å². The zero-order valence-corrected chi connectivity index (χ0v) is 19.8. The van der Waals surface area contributed by atoms with E-state index < -0.39 is 17.8 Å². The molecule has 0 aliphatic carbocycles. The number of hydrogen-bond acceptors (Lipinski definition) is 5. The van der Waals surface area contributed by atoms with Gasteiger partial charge in [0.25, 0.3) is 11.8 Å². The van der Waals surface area contributed by atoms with Crippen molar-refractivity contribution >= 4 is 46.4 Å². The first-order valence-electron chi connectivity index (χ1n) is 11.1. The molecule has 1 aliphatic rings. The summed E-state index contributed by atoms with van der Waals surface area (Å²) in [4.78, 5) is 52.0. The highest BCUT2D eigenvalue weighted by Gasteiger charge is 2.37. The number of rotatable bonds is 7. The van der Waals surface area contributed by atoms with E-state index in [4.69, 9.17) is 4.74 Å². The van der Waals surface area contributed by atoms with Gasteiger partial charge in [-0.05, 0) is 43.2 Å². The molecule has 2 heterocycles. The van der Waals surface area contributed by atoms with Crippen LogP contribution < -0.4 is 15.5 Å². The molecule has 5 amide bonds. The predicted octanol–water partition coefficient (Wildman–Crippen LogP) is 2.69. The van der Waals surface area contributed by atoms with E-state index in [0.717, 1.165) is 26.9 Å². The SMILES string of the molecule is COCCNC(=O)Cn1cc(C=C2C(=O)NC(=O)N(c3cccc(C)c3C)C2=O)c2ccccc21. The van der Waals surface area contributed by atoms with Crippen LogP contribution in [0.25, 0.3) is 17.0 Å². The van der Waals surface area contributed by atoms with E-state index in [1.54, 1.807) is 30.0 Å². The van der Waals surface area contributed by atoms with Crippen molar-refractivity contribution in [1.29, 1.82) is 0 Å². The van der Waals surface area contributed by atoms with Crippen LogP contribution in [-0.2, 0) is 25.7 Å². The molecule has 3 aromatic rings. The Labute approximate surface area is 202 Å². The number of aromatic nitrogens is 1. The van der Waals surface area contributed by atoms with E-state index in [9.17, 15) is 19.2 Å². The van der Waals surface area contributed by atoms with Gasteiger partial charge in [0, 0.05) is 36.3 Å². The molecule has 180 valence electrons. The number of hydrogen-bond donors (Lipinski definition) is 2. The maximum absolute atomic E-state index is 13.4. The largest absolute Gasteiger partial charge is 0.383 e. The molecule has 0 spiro atoms. The topological polar surface area (TPSA) is 110 Å². The fourth-order valence-corrected chi connectivity index (χ4v) is 4.03. The summed E-state index contributed by atoms with van der Waals surface area (Å²) < 4.78 is 6.71. The van der Waals surface area contributed by atoms with Gasteiger partial charge in [-0.15, -0.1) is 0 Å². The molecule has 9 heteroatoms. The van der Waals surface area contributed by atoms with E-state index in [-0.39, 0.29) is 18.0 Å². The standard InChI is InChI=1S/C26H26N4O5/c1-16-7-6-10-21(17(16)2)30-25(33)20(24(32)28-26(30)34)13-18-14-29(15-23(31)27-11-12-35-3)22-9-5-4-8-19(18)22/h4-10,13-14H,11-12,15H2,1-3H3,(H,27,31)(H,28,32,34). The molecule has 9 nitrogen and oxygen atoms in total. The van der Waals surface area contributed by atoms with Crippen LogP contribution >= 0.6 is 0 Å². The number of fused-ring (bicyclic) bond motifs is 1. The second-order valence-electron chi connectivity index (χ2n) is 8.25. The van der Waals surface area contributed by atoms with Crippen molar-refractivity contribution in [3.63, 3.8) is 0 Å². The number of amides is 5. The second kappa shape index (κ2) is 9.94. The number of aryl methyl sites for hydroxylation is 1. The van der Waals surface area contributed by atoms with Crippen molar-refractivity contribution < 1.29 is 23.9 Å². The second-order valence-corrected chi connectivity index (χ2v) is 8.25. The summed E-state index contributed by atoms with van der Waals surface area (Å²) in [6, 6.07) is 11.9. The predicted molar refractivity (Wildman–Crippen MR) is 132 cm³/mol. The number of nitrogens with zero attached hydrogens (tertiary/aromatic N) is 2. The van der Waals surface area contributed by atoms with Gasteiger partial charge in [-0.3, -0.25) is 19.7 Å². The number of methoxy groups -OCH3 is 1. The van der Waals surface area contributed by atoms with Crippen molar-refractivity contribution in [3.05, 3.63) is 70.9 Å². The number of nitrogens with one attached hydrogen (secondary N) is 2. The summed E-state index contributed by atoms with van der Waals surface area (Å²) in [7, 11) is 1.56. The van der Waals surface area contributed by atoms with E-state index in [0.29, 0.717) is 24.4 Å². The van der Waals surface area contributed by atoms with Crippen LogP contribution in [0.15, 0.2) is 54.2 Å². The quantitative estimate of drug-likeness (QED) is 0.311. The molecule has 2 N–H and O–H groups in total. The molecule has 0 atom stereocenters. The Kier molecular flexibility index (Phi) is 6.79. The van der Waals surface area contributed by atoms with Crippen LogP contribution in [0.1, 0.15) is 16.7 Å². The Bertz CT molecular complexity index is 1370. The van der Waals surface area contributed by atoms with Crippen LogP contribution in [-0.4, -0.2) is 48.6 Å². The first-order valence-corrected chi connectivity index (χ1v) is 11.1. The molecule has 0 saturated carbocycles. The van der Waals surface area contributed by atoms with Gasteiger partial charge in [0.15, 0.2) is 0 Å².